The van der Waals surface area contributed by atoms with Crippen molar-refractivity contribution in [2.24, 2.45) is 0 Å². The molecular formula is C12H19N3. The van der Waals surface area contributed by atoms with E-state index in [1.165, 1.54) is 5.69 Å². The molecule has 0 fully saturated rings. The van der Waals surface area contributed by atoms with Crippen LogP contribution in [0.2, 0.25) is 0 Å². The Morgan fingerprint density at radius 1 is 1.53 bits per heavy atom. The molecule has 0 aliphatic rings. The van der Waals surface area contributed by atoms with Gasteiger partial charge in [-0.15, -0.1) is 11.8 Å². The third-order valence-corrected chi connectivity index (χ3v) is 2.12. The van der Waals surface area contributed by atoms with Crippen LogP contribution in [-0.4, -0.2) is 15.8 Å². The molecule has 15 heavy (non-hydrogen) atoms. The van der Waals surface area contributed by atoms with Crippen LogP contribution in [0.15, 0.2) is 12.3 Å². The number of hydrogen-bond donors (Lipinski definition) is 1. The Balaban J connectivity index is 2.48. The van der Waals surface area contributed by atoms with E-state index in [-0.39, 0.29) is 0 Å². The van der Waals surface area contributed by atoms with E-state index >= 15 is 0 Å². The van der Waals surface area contributed by atoms with Gasteiger partial charge in [-0.25, -0.2) is 0 Å². The Hall–Kier alpha value is -1.27. The Bertz CT molecular complexity index is 341. The molecule has 82 valence electrons. The normalized spacial score (nSPS) is 10.1. The molecule has 0 saturated heterocycles. The van der Waals surface area contributed by atoms with Crippen molar-refractivity contribution in [2.45, 2.75) is 46.3 Å². The molecule has 1 heterocycles. The van der Waals surface area contributed by atoms with Gasteiger partial charge in [0.05, 0.1) is 12.2 Å². The van der Waals surface area contributed by atoms with Gasteiger partial charge in [0.1, 0.15) is 0 Å². The monoisotopic (exact) mass is 205 g/mol. The van der Waals surface area contributed by atoms with Crippen LogP contribution in [0.1, 0.15) is 32.9 Å². The van der Waals surface area contributed by atoms with Crippen molar-refractivity contribution in [3.8, 4) is 11.8 Å². The lowest BCUT2D eigenvalue weighted by Gasteiger charge is -2.09. The molecule has 3 nitrogen and oxygen atoms in total. The first-order chi connectivity index (χ1) is 7.24. The Labute approximate surface area is 91.9 Å². The summed E-state index contributed by atoms with van der Waals surface area (Å²) in [5, 5.41) is 7.66. The molecule has 1 rings (SSSR count). The lowest BCUT2D eigenvalue weighted by atomic mass is 10.3. The van der Waals surface area contributed by atoms with Crippen molar-refractivity contribution in [3.63, 3.8) is 0 Å². The van der Waals surface area contributed by atoms with E-state index < -0.39 is 0 Å². The molecule has 0 atom stereocenters. The first-order valence-electron chi connectivity index (χ1n) is 5.37. The smallest absolute Gasteiger partial charge is 0.0522 e. The predicted octanol–water partition coefficient (Wildman–Crippen LogP) is 1.79. The molecule has 0 spiro atoms. The average molecular weight is 205 g/mol. The average Bonchev–Trinajstić information content (AvgIpc) is 2.63. The molecular weight excluding hydrogens is 186 g/mol. The van der Waals surface area contributed by atoms with Gasteiger partial charge in [0, 0.05) is 25.2 Å². The second kappa shape index (κ2) is 6.26. The standard InChI is InChI=1S/C12H19N3/c1-4-5-6-9-15-12(7-8-14-15)10-13-11(2)3/h7-8,11,13H,6,9-10H2,1-3H3. The minimum Gasteiger partial charge on any atom is -0.309 e. The topological polar surface area (TPSA) is 29.9 Å². The zero-order valence-electron chi connectivity index (χ0n) is 9.75. The maximum absolute atomic E-state index is 4.27. The van der Waals surface area contributed by atoms with E-state index in [1.54, 1.807) is 0 Å². The van der Waals surface area contributed by atoms with E-state index in [1.807, 2.05) is 17.8 Å². The van der Waals surface area contributed by atoms with E-state index in [0.29, 0.717) is 6.04 Å². The predicted molar refractivity (Wildman–Crippen MR) is 62.3 cm³/mol. The van der Waals surface area contributed by atoms with Crippen molar-refractivity contribution in [3.05, 3.63) is 18.0 Å². The summed E-state index contributed by atoms with van der Waals surface area (Å²) in [6, 6.07) is 2.55. The summed E-state index contributed by atoms with van der Waals surface area (Å²) in [5.41, 5.74) is 1.22. The summed E-state index contributed by atoms with van der Waals surface area (Å²) >= 11 is 0. The highest BCUT2D eigenvalue weighted by molar-refractivity contribution is 5.01. The summed E-state index contributed by atoms with van der Waals surface area (Å²) in [7, 11) is 0. The lowest BCUT2D eigenvalue weighted by Crippen LogP contribution is -2.23. The van der Waals surface area contributed by atoms with Gasteiger partial charge in [0.2, 0.25) is 0 Å². The van der Waals surface area contributed by atoms with Crippen LogP contribution in [0.25, 0.3) is 0 Å². The number of nitrogens with one attached hydrogen (secondary N) is 1. The number of rotatable bonds is 5. The third-order valence-electron chi connectivity index (χ3n) is 2.12. The van der Waals surface area contributed by atoms with Crippen LogP contribution in [0.4, 0.5) is 0 Å². The van der Waals surface area contributed by atoms with E-state index in [2.05, 4.69) is 42.2 Å². The van der Waals surface area contributed by atoms with E-state index in [4.69, 9.17) is 0 Å². The van der Waals surface area contributed by atoms with Crippen LogP contribution in [0.5, 0.6) is 0 Å². The van der Waals surface area contributed by atoms with Crippen LogP contribution in [0, 0.1) is 11.8 Å². The maximum Gasteiger partial charge on any atom is 0.0522 e. The van der Waals surface area contributed by atoms with Crippen molar-refractivity contribution < 1.29 is 0 Å². The third kappa shape index (κ3) is 4.18. The Morgan fingerprint density at radius 3 is 3.00 bits per heavy atom. The van der Waals surface area contributed by atoms with Gasteiger partial charge in [-0.05, 0) is 13.0 Å². The van der Waals surface area contributed by atoms with Crippen LogP contribution in [0.3, 0.4) is 0 Å². The number of hydrogen-bond acceptors (Lipinski definition) is 2. The summed E-state index contributed by atoms with van der Waals surface area (Å²) in [6.45, 7) is 7.90. The number of aromatic nitrogens is 2. The molecule has 1 aromatic rings. The van der Waals surface area contributed by atoms with E-state index in [0.717, 1.165) is 19.5 Å². The fraction of sp³-hybridized carbons (Fsp3) is 0.583. The summed E-state index contributed by atoms with van der Waals surface area (Å²) in [4.78, 5) is 0. The molecule has 0 aliphatic heterocycles. The second-order valence-electron chi connectivity index (χ2n) is 3.76. The highest BCUT2D eigenvalue weighted by Crippen LogP contribution is 2.00. The van der Waals surface area contributed by atoms with Gasteiger partial charge in [-0.2, -0.15) is 5.10 Å². The van der Waals surface area contributed by atoms with Gasteiger partial charge >= 0.3 is 0 Å². The van der Waals surface area contributed by atoms with Gasteiger partial charge < -0.3 is 5.32 Å². The molecule has 1 N–H and O–H groups in total. The first kappa shape index (κ1) is 11.8. The van der Waals surface area contributed by atoms with Crippen molar-refractivity contribution >= 4 is 0 Å². The second-order valence-corrected chi connectivity index (χ2v) is 3.76. The van der Waals surface area contributed by atoms with Crippen LogP contribution in [-0.2, 0) is 13.1 Å². The first-order valence-corrected chi connectivity index (χ1v) is 5.37. The van der Waals surface area contributed by atoms with E-state index in [9.17, 15) is 0 Å². The molecule has 0 unspecified atom stereocenters. The maximum atomic E-state index is 4.27. The van der Waals surface area contributed by atoms with Crippen molar-refractivity contribution in [1.29, 1.82) is 0 Å². The SMILES string of the molecule is CC#CCCn1nccc1CNC(C)C. The zero-order chi connectivity index (χ0) is 11.1. The zero-order valence-corrected chi connectivity index (χ0v) is 9.75. The van der Waals surface area contributed by atoms with Gasteiger partial charge in [-0.3, -0.25) is 4.68 Å². The minimum atomic E-state index is 0.504. The summed E-state index contributed by atoms with van der Waals surface area (Å²) in [6.07, 6.45) is 2.71. The molecule has 1 aromatic heterocycles. The number of aryl methyl sites for hydroxylation is 1. The van der Waals surface area contributed by atoms with Crippen LogP contribution < -0.4 is 5.32 Å². The highest BCUT2D eigenvalue weighted by atomic mass is 15.3. The van der Waals surface area contributed by atoms with Gasteiger partial charge in [0.25, 0.3) is 0 Å². The largest absolute Gasteiger partial charge is 0.309 e. The summed E-state index contributed by atoms with van der Waals surface area (Å²) < 4.78 is 2.01. The fourth-order valence-corrected chi connectivity index (χ4v) is 1.31. The summed E-state index contributed by atoms with van der Waals surface area (Å²) in [5.74, 6) is 5.94. The Kier molecular flexibility index (Phi) is 4.92. The molecule has 0 radical (unpaired) electrons. The Morgan fingerprint density at radius 2 is 2.33 bits per heavy atom. The molecule has 0 saturated carbocycles. The van der Waals surface area contributed by atoms with Gasteiger partial charge in [0.15, 0.2) is 0 Å². The fourth-order valence-electron chi connectivity index (χ4n) is 1.31. The molecule has 0 bridgehead atoms. The van der Waals surface area contributed by atoms with Crippen molar-refractivity contribution in [1.82, 2.24) is 15.1 Å². The van der Waals surface area contributed by atoms with Crippen LogP contribution >= 0.6 is 0 Å². The quantitative estimate of drug-likeness (QED) is 0.743. The number of nitrogens with zero attached hydrogens (tertiary/aromatic N) is 2. The minimum absolute atomic E-state index is 0.504. The molecule has 0 amide bonds. The molecule has 0 aromatic carbocycles. The van der Waals surface area contributed by atoms with Gasteiger partial charge in [-0.1, -0.05) is 13.8 Å². The lowest BCUT2D eigenvalue weighted by molar-refractivity contribution is 0.532. The molecule has 0 aliphatic carbocycles. The van der Waals surface area contributed by atoms with Crippen molar-refractivity contribution in [2.75, 3.05) is 0 Å². The molecule has 3 heteroatoms. The highest BCUT2D eigenvalue weighted by Gasteiger charge is 2.01.